The van der Waals surface area contributed by atoms with Crippen LogP contribution in [0.15, 0.2) is 48.5 Å². The van der Waals surface area contributed by atoms with Crippen LogP contribution in [0, 0.1) is 0 Å². The Labute approximate surface area is 136 Å². The highest BCUT2D eigenvalue weighted by Gasteiger charge is 2.16. The number of ether oxygens (including phenoxy) is 2. The molecular formula is C19H21NO3. The first-order valence-corrected chi connectivity index (χ1v) is 7.97. The van der Waals surface area contributed by atoms with Crippen LogP contribution in [-0.4, -0.2) is 19.2 Å². The minimum atomic E-state index is -0.329. The molecule has 4 nitrogen and oxygen atoms in total. The largest absolute Gasteiger partial charge is 0.490 e. The summed E-state index contributed by atoms with van der Waals surface area (Å²) in [6.45, 7) is 0. The Hall–Kier alpha value is -2.49. The molecule has 0 amide bonds. The average molecular weight is 311 g/mol. The molecule has 23 heavy (non-hydrogen) atoms. The summed E-state index contributed by atoms with van der Waals surface area (Å²) < 4.78 is 10.6. The third kappa shape index (κ3) is 4.03. The Kier molecular flexibility index (Phi) is 4.81. The lowest BCUT2D eigenvalue weighted by Gasteiger charge is -2.13. The molecule has 120 valence electrons. The molecule has 0 aromatic heterocycles. The number of hydrogen-bond acceptors (Lipinski definition) is 4. The van der Waals surface area contributed by atoms with Crippen LogP contribution in [-0.2, 0) is 4.74 Å². The number of hydrogen-bond donors (Lipinski definition) is 1. The van der Waals surface area contributed by atoms with Gasteiger partial charge in [-0.1, -0.05) is 0 Å². The Morgan fingerprint density at radius 3 is 2.09 bits per heavy atom. The second kappa shape index (κ2) is 7.18. The van der Waals surface area contributed by atoms with E-state index in [1.54, 1.807) is 12.1 Å². The molecule has 1 aliphatic rings. The van der Waals surface area contributed by atoms with Crippen LogP contribution in [0.25, 0.3) is 0 Å². The Bertz CT molecular complexity index is 643. The molecule has 0 radical (unpaired) electrons. The number of rotatable bonds is 5. The summed E-state index contributed by atoms with van der Waals surface area (Å²) in [4.78, 5) is 11.4. The maximum absolute atomic E-state index is 11.4. The molecule has 1 fully saturated rings. The molecule has 0 saturated heterocycles. The molecule has 3 rings (SSSR count). The number of nitrogens with one attached hydrogen (secondary N) is 1. The van der Waals surface area contributed by atoms with Crippen molar-refractivity contribution < 1.29 is 14.3 Å². The number of esters is 1. The highest BCUT2D eigenvalue weighted by atomic mass is 16.5. The van der Waals surface area contributed by atoms with Gasteiger partial charge < -0.3 is 14.8 Å². The van der Waals surface area contributed by atoms with E-state index in [1.165, 1.54) is 20.0 Å². The van der Waals surface area contributed by atoms with Gasteiger partial charge in [0.15, 0.2) is 0 Å². The quantitative estimate of drug-likeness (QED) is 0.824. The molecule has 1 aliphatic carbocycles. The van der Waals surface area contributed by atoms with Crippen molar-refractivity contribution in [2.24, 2.45) is 0 Å². The van der Waals surface area contributed by atoms with Gasteiger partial charge in [-0.15, -0.1) is 0 Å². The predicted molar refractivity (Wildman–Crippen MR) is 90.4 cm³/mol. The molecule has 0 atom stereocenters. The van der Waals surface area contributed by atoms with E-state index in [2.05, 4.69) is 10.1 Å². The van der Waals surface area contributed by atoms with E-state index < -0.39 is 0 Å². The second-order valence-corrected chi connectivity index (χ2v) is 5.74. The molecule has 2 aromatic rings. The van der Waals surface area contributed by atoms with E-state index in [-0.39, 0.29) is 5.97 Å². The Morgan fingerprint density at radius 1 is 0.957 bits per heavy atom. The van der Waals surface area contributed by atoms with Gasteiger partial charge in [0.2, 0.25) is 0 Å². The van der Waals surface area contributed by atoms with Crippen molar-refractivity contribution in [1.29, 1.82) is 0 Å². The minimum absolute atomic E-state index is 0.329. The van der Waals surface area contributed by atoms with Gasteiger partial charge in [-0.2, -0.15) is 0 Å². The first-order chi connectivity index (χ1) is 11.2. The average Bonchev–Trinajstić information content (AvgIpc) is 3.10. The van der Waals surface area contributed by atoms with Gasteiger partial charge in [0.05, 0.1) is 18.8 Å². The van der Waals surface area contributed by atoms with Crippen LogP contribution in [0.1, 0.15) is 36.0 Å². The number of carbonyl (C=O) groups is 1. The highest BCUT2D eigenvalue weighted by molar-refractivity contribution is 5.89. The van der Waals surface area contributed by atoms with Crippen molar-refractivity contribution in [3.05, 3.63) is 54.1 Å². The third-order valence-corrected chi connectivity index (χ3v) is 4.05. The molecule has 1 N–H and O–H groups in total. The zero-order chi connectivity index (χ0) is 16.1. The standard InChI is InChI=1S/C19H21NO3/c1-22-19(21)14-6-8-15(9-7-14)20-16-10-12-18(13-11-16)23-17-4-2-3-5-17/h6-13,17,20H,2-5H2,1H3. The fourth-order valence-electron chi connectivity index (χ4n) is 2.79. The van der Waals surface area contributed by atoms with Crippen molar-refractivity contribution in [3.63, 3.8) is 0 Å². The minimum Gasteiger partial charge on any atom is -0.490 e. The zero-order valence-corrected chi connectivity index (χ0v) is 13.2. The summed E-state index contributed by atoms with van der Waals surface area (Å²) in [6.07, 6.45) is 5.23. The van der Waals surface area contributed by atoms with Crippen LogP contribution in [0.4, 0.5) is 11.4 Å². The third-order valence-electron chi connectivity index (χ3n) is 4.05. The number of anilines is 2. The predicted octanol–water partition coefficient (Wildman–Crippen LogP) is 4.54. The van der Waals surface area contributed by atoms with Gasteiger partial charge in [-0.05, 0) is 74.2 Å². The molecule has 0 aliphatic heterocycles. The lowest BCUT2D eigenvalue weighted by Crippen LogP contribution is -2.10. The zero-order valence-electron chi connectivity index (χ0n) is 13.2. The van der Waals surface area contributed by atoms with Crippen molar-refractivity contribution in [2.45, 2.75) is 31.8 Å². The van der Waals surface area contributed by atoms with Gasteiger partial charge in [0.25, 0.3) is 0 Å². The summed E-state index contributed by atoms with van der Waals surface area (Å²) >= 11 is 0. The summed E-state index contributed by atoms with van der Waals surface area (Å²) in [5.74, 6) is 0.591. The molecule has 0 bridgehead atoms. The molecule has 4 heteroatoms. The number of methoxy groups -OCH3 is 1. The van der Waals surface area contributed by atoms with Gasteiger partial charge in [0, 0.05) is 11.4 Å². The van der Waals surface area contributed by atoms with E-state index in [1.807, 2.05) is 36.4 Å². The van der Waals surface area contributed by atoms with E-state index in [4.69, 9.17) is 4.74 Å². The number of benzene rings is 2. The van der Waals surface area contributed by atoms with Crippen LogP contribution in [0.3, 0.4) is 0 Å². The van der Waals surface area contributed by atoms with Crippen molar-refractivity contribution in [1.82, 2.24) is 0 Å². The van der Waals surface area contributed by atoms with Gasteiger partial charge in [-0.25, -0.2) is 4.79 Å². The first-order valence-electron chi connectivity index (χ1n) is 7.97. The molecule has 0 heterocycles. The lowest BCUT2D eigenvalue weighted by atomic mass is 10.2. The topological polar surface area (TPSA) is 47.6 Å². The lowest BCUT2D eigenvalue weighted by molar-refractivity contribution is 0.0601. The van der Waals surface area contributed by atoms with Gasteiger partial charge in [-0.3, -0.25) is 0 Å². The summed E-state index contributed by atoms with van der Waals surface area (Å²) in [6, 6.07) is 15.2. The van der Waals surface area contributed by atoms with Gasteiger partial charge in [0.1, 0.15) is 5.75 Å². The highest BCUT2D eigenvalue weighted by Crippen LogP contribution is 2.26. The maximum Gasteiger partial charge on any atom is 0.337 e. The Morgan fingerprint density at radius 2 is 1.52 bits per heavy atom. The molecular weight excluding hydrogens is 290 g/mol. The monoisotopic (exact) mass is 311 g/mol. The van der Waals surface area contributed by atoms with Crippen LogP contribution in [0.2, 0.25) is 0 Å². The molecule has 1 saturated carbocycles. The van der Waals surface area contributed by atoms with Crippen molar-refractivity contribution >= 4 is 17.3 Å². The maximum atomic E-state index is 11.4. The summed E-state index contributed by atoms with van der Waals surface area (Å²) in [5, 5.41) is 3.30. The van der Waals surface area contributed by atoms with E-state index in [0.717, 1.165) is 30.0 Å². The SMILES string of the molecule is COC(=O)c1ccc(Nc2ccc(OC3CCCC3)cc2)cc1. The van der Waals surface area contributed by atoms with Gasteiger partial charge >= 0.3 is 5.97 Å². The fraction of sp³-hybridized carbons (Fsp3) is 0.316. The van der Waals surface area contributed by atoms with Crippen molar-refractivity contribution in [2.75, 3.05) is 12.4 Å². The summed E-state index contributed by atoms with van der Waals surface area (Å²) in [7, 11) is 1.38. The van der Waals surface area contributed by atoms with E-state index in [9.17, 15) is 4.79 Å². The van der Waals surface area contributed by atoms with Crippen LogP contribution < -0.4 is 10.1 Å². The fourth-order valence-corrected chi connectivity index (χ4v) is 2.79. The van der Waals surface area contributed by atoms with E-state index in [0.29, 0.717) is 11.7 Å². The molecule has 0 unspecified atom stereocenters. The van der Waals surface area contributed by atoms with E-state index >= 15 is 0 Å². The smallest absolute Gasteiger partial charge is 0.337 e. The Balaban J connectivity index is 1.60. The first kappa shape index (κ1) is 15.4. The summed E-state index contributed by atoms with van der Waals surface area (Å²) in [5.41, 5.74) is 2.44. The van der Waals surface area contributed by atoms with Crippen LogP contribution >= 0.6 is 0 Å². The van der Waals surface area contributed by atoms with Crippen molar-refractivity contribution in [3.8, 4) is 5.75 Å². The number of carbonyl (C=O) groups excluding carboxylic acids is 1. The van der Waals surface area contributed by atoms with Crippen LogP contribution in [0.5, 0.6) is 5.75 Å². The normalized spacial score (nSPS) is 14.5. The molecule has 2 aromatic carbocycles. The molecule has 0 spiro atoms. The second-order valence-electron chi connectivity index (χ2n) is 5.74.